The summed E-state index contributed by atoms with van der Waals surface area (Å²) >= 11 is 8.54. The molecule has 0 saturated heterocycles. The molecule has 1 amide bonds. The van der Waals surface area contributed by atoms with Crippen LogP contribution in [0, 0.1) is 13.8 Å². The van der Waals surface area contributed by atoms with Gasteiger partial charge in [0.1, 0.15) is 16.4 Å². The van der Waals surface area contributed by atoms with Crippen LogP contribution in [0.2, 0.25) is 5.02 Å². The van der Waals surface area contributed by atoms with E-state index in [0.717, 1.165) is 32.4 Å². The quantitative estimate of drug-likeness (QED) is 0.416. The van der Waals surface area contributed by atoms with Gasteiger partial charge in [0.2, 0.25) is 5.91 Å². The maximum absolute atomic E-state index is 12.2. The van der Waals surface area contributed by atoms with E-state index in [0.29, 0.717) is 16.7 Å². The predicted octanol–water partition coefficient (Wildman–Crippen LogP) is 4.88. The van der Waals surface area contributed by atoms with Gasteiger partial charge in [0.25, 0.3) is 0 Å². The highest BCUT2D eigenvalue weighted by Gasteiger charge is 2.14. The Morgan fingerprint density at radius 3 is 2.82 bits per heavy atom. The van der Waals surface area contributed by atoms with Crippen molar-refractivity contribution in [2.24, 2.45) is 0 Å². The first kappa shape index (κ1) is 20.6. The first-order chi connectivity index (χ1) is 13.2. The lowest BCUT2D eigenvalue weighted by Gasteiger charge is -2.09. The first-order valence-electron chi connectivity index (χ1n) is 7.95. The van der Waals surface area contributed by atoms with Gasteiger partial charge in [0.05, 0.1) is 16.2 Å². The van der Waals surface area contributed by atoms with Crippen molar-refractivity contribution in [3.05, 3.63) is 33.7 Å². The van der Waals surface area contributed by atoms with Crippen molar-refractivity contribution < 1.29 is 18.3 Å². The smallest absolute Gasteiger partial charge is 0.387 e. The summed E-state index contributed by atoms with van der Waals surface area (Å²) in [5, 5.41) is 3.84. The molecule has 3 aromatic rings. The summed E-state index contributed by atoms with van der Waals surface area (Å²) in [6.07, 6.45) is 0. The summed E-state index contributed by atoms with van der Waals surface area (Å²) in [5.41, 5.74) is 7.45. The molecule has 0 saturated carbocycles. The number of carbonyl (C=O) groups excluding carboxylic acids is 1. The minimum absolute atomic E-state index is 0.0317. The van der Waals surface area contributed by atoms with Crippen molar-refractivity contribution in [3.63, 3.8) is 0 Å². The Balaban J connectivity index is 1.64. The molecule has 0 aliphatic carbocycles. The Bertz CT molecular complexity index is 1050. The first-order valence-corrected chi connectivity index (χ1v) is 10.1. The Morgan fingerprint density at radius 1 is 1.39 bits per heavy atom. The van der Waals surface area contributed by atoms with Crippen LogP contribution in [0.3, 0.4) is 0 Å². The highest BCUT2D eigenvalue weighted by Crippen LogP contribution is 2.33. The molecular weight excluding hydrogens is 430 g/mol. The fraction of sp³-hybridized carbons (Fsp3) is 0.235. The number of aryl methyl sites for hydroxylation is 2. The van der Waals surface area contributed by atoms with Crippen LogP contribution in [0.15, 0.2) is 23.4 Å². The number of nitrogens with one attached hydrogen (secondary N) is 1. The zero-order chi connectivity index (χ0) is 20.4. The molecule has 1 aromatic carbocycles. The second-order valence-electron chi connectivity index (χ2n) is 5.72. The van der Waals surface area contributed by atoms with Gasteiger partial charge in [-0.15, -0.1) is 11.3 Å². The van der Waals surface area contributed by atoms with Crippen LogP contribution in [0.5, 0.6) is 5.75 Å². The summed E-state index contributed by atoms with van der Waals surface area (Å²) in [7, 11) is 0. The number of ether oxygens (including phenoxy) is 1. The number of benzene rings is 1. The van der Waals surface area contributed by atoms with E-state index in [1.807, 2.05) is 13.8 Å². The number of nitrogen functional groups attached to an aromatic ring is 1. The van der Waals surface area contributed by atoms with Crippen LogP contribution in [0.25, 0.3) is 10.2 Å². The Kier molecular flexibility index (Phi) is 6.21. The largest absolute Gasteiger partial charge is 0.433 e. The van der Waals surface area contributed by atoms with Crippen LogP contribution in [-0.4, -0.2) is 28.2 Å². The molecule has 0 spiro atoms. The molecule has 0 fully saturated rings. The van der Waals surface area contributed by atoms with Crippen LogP contribution < -0.4 is 15.8 Å². The zero-order valence-corrected chi connectivity index (χ0v) is 17.1. The molecule has 28 heavy (non-hydrogen) atoms. The number of thiophene rings is 1. The van der Waals surface area contributed by atoms with Crippen LogP contribution in [0.1, 0.15) is 10.4 Å². The number of aromatic nitrogens is 2. The molecule has 0 bridgehead atoms. The zero-order valence-electron chi connectivity index (χ0n) is 14.8. The van der Waals surface area contributed by atoms with E-state index in [-0.39, 0.29) is 22.4 Å². The third-order valence-corrected chi connectivity index (χ3v) is 6.04. The number of hydrogen-bond acceptors (Lipinski definition) is 7. The molecule has 0 unspecified atom stereocenters. The second kappa shape index (κ2) is 8.46. The number of fused-ring (bicyclic) bond motifs is 1. The molecule has 148 valence electrons. The van der Waals surface area contributed by atoms with E-state index in [4.69, 9.17) is 17.3 Å². The standard InChI is InChI=1S/C17H15ClF2N4O2S2/c1-7-8(2)28-15-13(7)14(21)23-17(24-15)27-6-12(25)22-9-3-4-11(10(18)5-9)26-16(19)20/h3-5,16H,6H2,1-2H3,(H,22,25)(H2,21,23,24). The van der Waals surface area contributed by atoms with E-state index in [1.54, 1.807) is 0 Å². The van der Waals surface area contributed by atoms with E-state index < -0.39 is 6.61 Å². The van der Waals surface area contributed by atoms with Crippen LogP contribution >= 0.6 is 34.7 Å². The average Bonchev–Trinajstić information content (AvgIpc) is 2.90. The monoisotopic (exact) mass is 444 g/mol. The molecule has 0 aliphatic rings. The number of hydrogen-bond donors (Lipinski definition) is 2. The summed E-state index contributed by atoms with van der Waals surface area (Å²) in [6.45, 7) is 0.983. The number of alkyl halides is 2. The lowest BCUT2D eigenvalue weighted by Crippen LogP contribution is -2.14. The maximum Gasteiger partial charge on any atom is 0.387 e. The van der Waals surface area contributed by atoms with Gasteiger partial charge in [0.15, 0.2) is 5.16 Å². The SMILES string of the molecule is Cc1sc2nc(SCC(=O)Nc3ccc(OC(F)F)c(Cl)c3)nc(N)c2c1C. The highest BCUT2D eigenvalue weighted by molar-refractivity contribution is 7.99. The third kappa shape index (κ3) is 4.62. The van der Waals surface area contributed by atoms with Gasteiger partial charge in [0, 0.05) is 10.6 Å². The lowest BCUT2D eigenvalue weighted by atomic mass is 10.2. The number of carbonyl (C=O) groups is 1. The topological polar surface area (TPSA) is 90.1 Å². The number of anilines is 2. The normalized spacial score (nSPS) is 11.2. The fourth-order valence-corrected chi connectivity index (χ4v) is 4.39. The van der Waals surface area contributed by atoms with E-state index >= 15 is 0 Å². The lowest BCUT2D eigenvalue weighted by molar-refractivity contribution is -0.113. The third-order valence-electron chi connectivity index (χ3n) is 3.80. The molecule has 0 aliphatic heterocycles. The molecule has 2 heterocycles. The number of rotatable bonds is 6. The van der Waals surface area contributed by atoms with Crippen molar-refractivity contribution >= 4 is 62.3 Å². The summed E-state index contributed by atoms with van der Waals surface area (Å²) in [5.74, 6) is -0.0652. The molecule has 0 radical (unpaired) electrons. The average molecular weight is 445 g/mol. The Morgan fingerprint density at radius 2 is 2.14 bits per heavy atom. The predicted molar refractivity (Wildman–Crippen MR) is 109 cm³/mol. The summed E-state index contributed by atoms with van der Waals surface area (Å²) < 4.78 is 28.8. The van der Waals surface area contributed by atoms with Gasteiger partial charge in [-0.25, -0.2) is 9.97 Å². The number of thioether (sulfide) groups is 1. The van der Waals surface area contributed by atoms with Gasteiger partial charge in [-0.05, 0) is 37.6 Å². The molecule has 2 aromatic heterocycles. The molecule has 3 rings (SSSR count). The van der Waals surface area contributed by atoms with Gasteiger partial charge >= 0.3 is 6.61 Å². The van der Waals surface area contributed by atoms with E-state index in [1.165, 1.54) is 29.5 Å². The molecule has 0 atom stereocenters. The number of amides is 1. The minimum Gasteiger partial charge on any atom is -0.433 e. The van der Waals surface area contributed by atoms with Crippen LogP contribution in [0.4, 0.5) is 20.3 Å². The van der Waals surface area contributed by atoms with Crippen molar-refractivity contribution in [2.45, 2.75) is 25.6 Å². The number of halogens is 3. The highest BCUT2D eigenvalue weighted by atomic mass is 35.5. The molecule has 11 heteroatoms. The second-order valence-corrected chi connectivity index (χ2v) is 8.27. The van der Waals surface area contributed by atoms with E-state index in [9.17, 15) is 13.6 Å². The molecular formula is C17H15ClF2N4O2S2. The van der Waals surface area contributed by atoms with Gasteiger partial charge < -0.3 is 15.8 Å². The molecule has 3 N–H and O–H groups in total. The Labute approximate surface area is 172 Å². The van der Waals surface area contributed by atoms with Crippen molar-refractivity contribution in [1.29, 1.82) is 0 Å². The molecule has 6 nitrogen and oxygen atoms in total. The Hall–Kier alpha value is -2.17. The van der Waals surface area contributed by atoms with Crippen molar-refractivity contribution in [1.82, 2.24) is 9.97 Å². The van der Waals surface area contributed by atoms with Crippen LogP contribution in [-0.2, 0) is 4.79 Å². The summed E-state index contributed by atoms with van der Waals surface area (Å²) in [4.78, 5) is 22.8. The fourth-order valence-electron chi connectivity index (χ4n) is 2.42. The van der Waals surface area contributed by atoms with Crippen molar-refractivity contribution in [3.8, 4) is 5.75 Å². The van der Waals surface area contributed by atoms with Gasteiger partial charge in [-0.2, -0.15) is 8.78 Å². The van der Waals surface area contributed by atoms with E-state index in [2.05, 4.69) is 20.0 Å². The maximum atomic E-state index is 12.2. The van der Waals surface area contributed by atoms with Gasteiger partial charge in [-0.3, -0.25) is 4.79 Å². The number of nitrogens with zero attached hydrogens (tertiary/aromatic N) is 2. The van der Waals surface area contributed by atoms with Gasteiger partial charge in [-0.1, -0.05) is 23.4 Å². The number of nitrogens with two attached hydrogens (primary N) is 1. The summed E-state index contributed by atoms with van der Waals surface area (Å²) in [6, 6.07) is 4.01. The van der Waals surface area contributed by atoms with Crippen molar-refractivity contribution in [2.75, 3.05) is 16.8 Å². The minimum atomic E-state index is -2.98.